The Kier molecular flexibility index (Phi) is 3.25. The predicted octanol–water partition coefficient (Wildman–Crippen LogP) is 1.70. The van der Waals surface area contributed by atoms with Crippen molar-refractivity contribution in [2.75, 3.05) is 6.54 Å². The molecule has 0 radical (unpaired) electrons. The smallest absolute Gasteiger partial charge is 0.234 e. The summed E-state index contributed by atoms with van der Waals surface area (Å²) < 4.78 is 0. The van der Waals surface area contributed by atoms with Crippen LogP contribution in [0.2, 0.25) is 0 Å². The van der Waals surface area contributed by atoms with Crippen LogP contribution >= 0.6 is 0 Å². The van der Waals surface area contributed by atoms with Gasteiger partial charge in [0.15, 0.2) is 0 Å². The molecule has 0 aromatic heterocycles. The molecule has 2 N–H and O–H groups in total. The van der Waals surface area contributed by atoms with Gasteiger partial charge in [-0.25, -0.2) is 0 Å². The molecule has 0 bridgehead atoms. The molecule has 0 saturated carbocycles. The maximum Gasteiger partial charge on any atom is 0.234 e. The Hall–Kier alpha value is -1.35. The van der Waals surface area contributed by atoms with Gasteiger partial charge in [0.05, 0.1) is 6.04 Å². The fourth-order valence-corrected chi connectivity index (χ4v) is 2.48. The Bertz CT molecular complexity index is 363. The first-order chi connectivity index (χ1) is 7.70. The van der Waals surface area contributed by atoms with Gasteiger partial charge >= 0.3 is 0 Å². The standard InChI is InChI=1S/C13H18N2O/c1-10(11-6-3-2-4-7-11)15-9-5-8-12(15)13(14)16/h2-4,6-7,10,12H,5,8-9H2,1H3,(H2,14,16)/t10-,12?/m1/s1. The van der Waals surface area contributed by atoms with Crippen molar-refractivity contribution >= 4 is 5.91 Å². The van der Waals surface area contributed by atoms with E-state index in [1.54, 1.807) is 0 Å². The third-order valence-corrected chi connectivity index (χ3v) is 3.40. The molecule has 1 amide bonds. The number of nitrogens with zero attached hydrogens (tertiary/aromatic N) is 1. The number of benzene rings is 1. The molecule has 1 aromatic carbocycles. The molecule has 0 spiro atoms. The van der Waals surface area contributed by atoms with Crippen LogP contribution in [0.5, 0.6) is 0 Å². The summed E-state index contributed by atoms with van der Waals surface area (Å²) in [4.78, 5) is 13.5. The van der Waals surface area contributed by atoms with Crippen LogP contribution in [-0.2, 0) is 4.79 Å². The molecule has 1 aliphatic rings. The largest absolute Gasteiger partial charge is 0.368 e. The van der Waals surface area contributed by atoms with Gasteiger partial charge in [0.2, 0.25) is 5.91 Å². The summed E-state index contributed by atoms with van der Waals surface area (Å²) in [7, 11) is 0. The summed E-state index contributed by atoms with van der Waals surface area (Å²) in [6, 6.07) is 10.4. The van der Waals surface area contributed by atoms with Crippen molar-refractivity contribution < 1.29 is 4.79 Å². The van der Waals surface area contributed by atoms with Crippen molar-refractivity contribution in [1.82, 2.24) is 4.90 Å². The average Bonchev–Trinajstić information content (AvgIpc) is 2.78. The Morgan fingerprint density at radius 1 is 1.44 bits per heavy atom. The van der Waals surface area contributed by atoms with Crippen molar-refractivity contribution in [3.63, 3.8) is 0 Å². The number of carbonyl (C=O) groups excluding carboxylic acids is 1. The van der Waals surface area contributed by atoms with Crippen LogP contribution in [0.15, 0.2) is 30.3 Å². The molecule has 2 atom stereocenters. The lowest BCUT2D eigenvalue weighted by atomic mass is 10.1. The van der Waals surface area contributed by atoms with E-state index in [2.05, 4.69) is 24.0 Å². The van der Waals surface area contributed by atoms with Crippen LogP contribution in [0.4, 0.5) is 0 Å². The van der Waals surface area contributed by atoms with Crippen LogP contribution in [0, 0.1) is 0 Å². The van der Waals surface area contributed by atoms with Crippen LogP contribution in [-0.4, -0.2) is 23.4 Å². The van der Waals surface area contributed by atoms with Gasteiger partial charge in [-0.15, -0.1) is 0 Å². The molecule has 3 nitrogen and oxygen atoms in total. The number of rotatable bonds is 3. The van der Waals surface area contributed by atoms with Gasteiger partial charge < -0.3 is 5.73 Å². The van der Waals surface area contributed by atoms with Crippen molar-refractivity contribution in [3.05, 3.63) is 35.9 Å². The Morgan fingerprint density at radius 3 is 2.75 bits per heavy atom. The second-order valence-electron chi connectivity index (χ2n) is 4.38. The Morgan fingerprint density at radius 2 is 2.12 bits per heavy atom. The first-order valence-electron chi connectivity index (χ1n) is 5.80. The van der Waals surface area contributed by atoms with Gasteiger partial charge in [-0.3, -0.25) is 9.69 Å². The van der Waals surface area contributed by atoms with E-state index in [0.717, 1.165) is 19.4 Å². The molecular weight excluding hydrogens is 200 g/mol. The number of likely N-dealkylation sites (tertiary alicyclic amines) is 1. The zero-order chi connectivity index (χ0) is 11.5. The molecular formula is C13H18N2O. The van der Waals surface area contributed by atoms with Crippen LogP contribution in [0.3, 0.4) is 0 Å². The summed E-state index contributed by atoms with van der Waals surface area (Å²) in [6.07, 6.45) is 1.96. The van der Waals surface area contributed by atoms with E-state index in [1.165, 1.54) is 5.56 Å². The maximum atomic E-state index is 11.3. The third-order valence-electron chi connectivity index (χ3n) is 3.40. The summed E-state index contributed by atoms with van der Waals surface area (Å²) in [5.74, 6) is -0.194. The van der Waals surface area contributed by atoms with E-state index in [4.69, 9.17) is 5.73 Å². The highest BCUT2D eigenvalue weighted by Gasteiger charge is 2.32. The highest BCUT2D eigenvalue weighted by atomic mass is 16.1. The van der Waals surface area contributed by atoms with Gasteiger partial charge in [-0.05, 0) is 31.9 Å². The topological polar surface area (TPSA) is 46.3 Å². The van der Waals surface area contributed by atoms with Crippen LogP contribution in [0.1, 0.15) is 31.4 Å². The fourth-order valence-electron chi connectivity index (χ4n) is 2.48. The van der Waals surface area contributed by atoms with Crippen molar-refractivity contribution in [1.29, 1.82) is 0 Å². The minimum absolute atomic E-state index is 0.0878. The Balaban J connectivity index is 2.15. The second kappa shape index (κ2) is 4.66. The highest BCUT2D eigenvalue weighted by molar-refractivity contribution is 5.80. The van der Waals surface area contributed by atoms with Crippen molar-refractivity contribution in [2.45, 2.75) is 31.8 Å². The molecule has 1 saturated heterocycles. The van der Waals surface area contributed by atoms with Crippen molar-refractivity contribution in [2.24, 2.45) is 5.73 Å². The van der Waals surface area contributed by atoms with E-state index >= 15 is 0 Å². The zero-order valence-electron chi connectivity index (χ0n) is 9.60. The molecule has 1 aromatic rings. The quantitative estimate of drug-likeness (QED) is 0.839. The lowest BCUT2D eigenvalue weighted by molar-refractivity contribution is -0.122. The Labute approximate surface area is 96.2 Å². The monoisotopic (exact) mass is 218 g/mol. The minimum atomic E-state index is -0.194. The predicted molar refractivity (Wildman–Crippen MR) is 63.8 cm³/mol. The van der Waals surface area contributed by atoms with Crippen molar-refractivity contribution in [3.8, 4) is 0 Å². The molecule has 3 heteroatoms. The van der Waals surface area contributed by atoms with E-state index in [-0.39, 0.29) is 18.0 Å². The molecule has 2 rings (SSSR count). The van der Waals surface area contributed by atoms with E-state index in [1.807, 2.05) is 18.2 Å². The van der Waals surface area contributed by atoms with Gasteiger partial charge in [0.25, 0.3) is 0 Å². The maximum absolute atomic E-state index is 11.3. The molecule has 1 heterocycles. The van der Waals surface area contributed by atoms with Crippen LogP contribution < -0.4 is 5.73 Å². The molecule has 16 heavy (non-hydrogen) atoms. The summed E-state index contributed by atoms with van der Waals surface area (Å²) in [6.45, 7) is 3.10. The van der Waals surface area contributed by atoms with E-state index in [9.17, 15) is 4.79 Å². The third kappa shape index (κ3) is 2.09. The lowest BCUT2D eigenvalue weighted by Crippen LogP contribution is -2.41. The molecule has 1 fully saturated rings. The van der Waals surface area contributed by atoms with Gasteiger partial charge in [0, 0.05) is 6.04 Å². The van der Waals surface area contributed by atoms with E-state index < -0.39 is 0 Å². The molecule has 0 aliphatic carbocycles. The summed E-state index contributed by atoms with van der Waals surface area (Å²) in [5, 5.41) is 0. The van der Waals surface area contributed by atoms with Crippen LogP contribution in [0.25, 0.3) is 0 Å². The van der Waals surface area contributed by atoms with Gasteiger partial charge in [-0.1, -0.05) is 30.3 Å². The molecule has 1 aliphatic heterocycles. The summed E-state index contributed by atoms with van der Waals surface area (Å²) >= 11 is 0. The van der Waals surface area contributed by atoms with E-state index in [0.29, 0.717) is 0 Å². The first-order valence-corrected chi connectivity index (χ1v) is 5.80. The highest BCUT2D eigenvalue weighted by Crippen LogP contribution is 2.28. The number of primary amides is 1. The lowest BCUT2D eigenvalue weighted by Gasteiger charge is -2.29. The average molecular weight is 218 g/mol. The zero-order valence-corrected chi connectivity index (χ0v) is 9.60. The second-order valence-corrected chi connectivity index (χ2v) is 4.38. The SMILES string of the molecule is C[C@H](c1ccccc1)N1CCCC1C(N)=O. The molecule has 86 valence electrons. The molecule has 1 unspecified atom stereocenters. The number of nitrogens with two attached hydrogens (primary N) is 1. The number of hydrogen-bond acceptors (Lipinski definition) is 2. The van der Waals surface area contributed by atoms with Gasteiger partial charge in [0.1, 0.15) is 0 Å². The number of hydrogen-bond donors (Lipinski definition) is 1. The first kappa shape index (κ1) is 11.1. The van der Waals surface area contributed by atoms with Gasteiger partial charge in [-0.2, -0.15) is 0 Å². The number of amides is 1. The normalized spacial score (nSPS) is 23.2. The minimum Gasteiger partial charge on any atom is -0.368 e. The number of carbonyl (C=O) groups is 1. The summed E-state index contributed by atoms with van der Waals surface area (Å²) in [5.41, 5.74) is 6.67. The fraction of sp³-hybridized carbons (Fsp3) is 0.462.